The number of ether oxygens (including phenoxy) is 1. The van der Waals surface area contributed by atoms with E-state index in [1.54, 1.807) is 24.3 Å². The first-order valence-electron chi connectivity index (χ1n) is 6.62. The minimum Gasteiger partial charge on any atom is -0.395 e. The molecule has 1 heterocycles. The van der Waals surface area contributed by atoms with Crippen molar-refractivity contribution in [2.75, 3.05) is 20.3 Å². The highest BCUT2D eigenvalue weighted by Gasteiger charge is 2.39. The summed E-state index contributed by atoms with van der Waals surface area (Å²) in [6, 6.07) is 8.08. The first-order chi connectivity index (χ1) is 10.00. The van der Waals surface area contributed by atoms with Crippen LogP contribution in [0.25, 0.3) is 0 Å². The molecule has 1 saturated heterocycles. The number of rotatable bonds is 5. The Morgan fingerprint density at radius 2 is 2.29 bits per heavy atom. The molecule has 1 fully saturated rings. The second-order valence-electron chi connectivity index (χ2n) is 5.07. The van der Waals surface area contributed by atoms with Gasteiger partial charge in [0.1, 0.15) is 0 Å². The molecule has 0 amide bonds. The van der Waals surface area contributed by atoms with Crippen molar-refractivity contribution in [3.05, 3.63) is 35.4 Å². The van der Waals surface area contributed by atoms with E-state index in [0.29, 0.717) is 17.5 Å². The van der Waals surface area contributed by atoms with E-state index in [9.17, 15) is 13.5 Å². The van der Waals surface area contributed by atoms with Crippen LogP contribution in [0, 0.1) is 11.3 Å². The fourth-order valence-corrected chi connectivity index (χ4v) is 4.31. The van der Waals surface area contributed by atoms with Gasteiger partial charge in [0.2, 0.25) is 10.0 Å². The quantitative estimate of drug-likeness (QED) is 0.853. The van der Waals surface area contributed by atoms with Crippen molar-refractivity contribution in [2.24, 2.45) is 0 Å². The Bertz CT molecular complexity index is 639. The number of hydrogen-bond donors (Lipinski definition) is 1. The first kappa shape index (κ1) is 15.9. The zero-order valence-electron chi connectivity index (χ0n) is 11.8. The Kier molecular flexibility index (Phi) is 4.96. The molecular weight excluding hydrogens is 292 g/mol. The Morgan fingerprint density at radius 3 is 2.90 bits per heavy atom. The fourth-order valence-electron chi connectivity index (χ4n) is 2.55. The van der Waals surface area contributed by atoms with E-state index >= 15 is 0 Å². The molecule has 1 aliphatic heterocycles. The minimum atomic E-state index is -3.56. The van der Waals surface area contributed by atoms with Gasteiger partial charge in [0.25, 0.3) is 0 Å². The van der Waals surface area contributed by atoms with Crippen molar-refractivity contribution < 1.29 is 18.3 Å². The highest BCUT2D eigenvalue weighted by Crippen LogP contribution is 2.25. The van der Waals surface area contributed by atoms with Crippen LogP contribution in [0.15, 0.2) is 24.3 Å². The lowest BCUT2D eigenvalue weighted by Crippen LogP contribution is -2.38. The number of benzene rings is 1. The van der Waals surface area contributed by atoms with Crippen molar-refractivity contribution in [3.63, 3.8) is 0 Å². The van der Waals surface area contributed by atoms with Crippen molar-refractivity contribution in [2.45, 2.75) is 24.3 Å². The molecule has 0 radical (unpaired) electrons. The maximum absolute atomic E-state index is 12.5. The largest absolute Gasteiger partial charge is 0.395 e. The Hall–Kier alpha value is -1.46. The molecule has 2 atom stereocenters. The Morgan fingerprint density at radius 1 is 1.52 bits per heavy atom. The van der Waals surface area contributed by atoms with Crippen LogP contribution in [0.5, 0.6) is 0 Å². The SMILES string of the molecule is CO[C@@H]1C[C@@H](CO)N(S(=O)(=O)Cc2cccc(C#N)c2)C1. The second kappa shape index (κ2) is 6.54. The summed E-state index contributed by atoms with van der Waals surface area (Å²) in [7, 11) is -2.03. The van der Waals surface area contributed by atoms with Crippen LogP contribution in [0.2, 0.25) is 0 Å². The lowest BCUT2D eigenvalue weighted by atomic mass is 10.2. The van der Waals surface area contributed by atoms with Gasteiger partial charge in [-0.1, -0.05) is 12.1 Å². The summed E-state index contributed by atoms with van der Waals surface area (Å²) in [5.41, 5.74) is 0.990. The molecule has 0 spiro atoms. The van der Waals surface area contributed by atoms with Gasteiger partial charge in [0.15, 0.2) is 0 Å². The minimum absolute atomic E-state index is 0.185. The highest BCUT2D eigenvalue weighted by atomic mass is 32.2. The summed E-state index contributed by atoms with van der Waals surface area (Å²) in [6.45, 7) is 0.0271. The van der Waals surface area contributed by atoms with E-state index in [2.05, 4.69) is 0 Å². The van der Waals surface area contributed by atoms with Crippen LogP contribution >= 0.6 is 0 Å². The first-order valence-corrected chi connectivity index (χ1v) is 8.23. The molecule has 21 heavy (non-hydrogen) atoms. The molecule has 114 valence electrons. The standard InChI is InChI=1S/C14H18N2O4S/c1-20-14-6-13(9-17)16(8-14)21(18,19)10-12-4-2-3-11(5-12)7-15/h2-5,13-14,17H,6,8-10H2,1H3/t13-,14+/m0/s1. The molecule has 1 N–H and O–H groups in total. The topological polar surface area (TPSA) is 90.6 Å². The van der Waals surface area contributed by atoms with Crippen LogP contribution in [0.1, 0.15) is 17.5 Å². The van der Waals surface area contributed by atoms with Gasteiger partial charge in [-0.05, 0) is 24.1 Å². The van der Waals surface area contributed by atoms with E-state index in [4.69, 9.17) is 10.00 Å². The lowest BCUT2D eigenvalue weighted by Gasteiger charge is -2.22. The number of methoxy groups -OCH3 is 1. The van der Waals surface area contributed by atoms with Crippen molar-refractivity contribution in [1.29, 1.82) is 5.26 Å². The van der Waals surface area contributed by atoms with Gasteiger partial charge in [-0.25, -0.2) is 8.42 Å². The lowest BCUT2D eigenvalue weighted by molar-refractivity contribution is 0.113. The molecule has 1 aromatic carbocycles. The Labute approximate surface area is 124 Å². The third kappa shape index (κ3) is 3.60. The molecule has 0 saturated carbocycles. The van der Waals surface area contributed by atoms with Gasteiger partial charge >= 0.3 is 0 Å². The van der Waals surface area contributed by atoms with Crippen LogP contribution < -0.4 is 0 Å². The van der Waals surface area contributed by atoms with Crippen LogP contribution in [0.3, 0.4) is 0 Å². The predicted molar refractivity (Wildman–Crippen MR) is 76.8 cm³/mol. The molecule has 2 rings (SSSR count). The number of nitrogens with zero attached hydrogens (tertiary/aromatic N) is 2. The maximum Gasteiger partial charge on any atom is 0.218 e. The normalized spacial score (nSPS) is 23.1. The summed E-state index contributed by atoms with van der Waals surface area (Å²) in [6.07, 6.45) is 0.298. The van der Waals surface area contributed by atoms with E-state index in [1.165, 1.54) is 11.4 Å². The smallest absolute Gasteiger partial charge is 0.218 e. The van der Waals surface area contributed by atoms with E-state index < -0.39 is 16.1 Å². The fraction of sp³-hybridized carbons (Fsp3) is 0.500. The van der Waals surface area contributed by atoms with Crippen LogP contribution in [-0.4, -0.2) is 50.2 Å². The number of hydrogen-bond acceptors (Lipinski definition) is 5. The zero-order chi connectivity index (χ0) is 15.5. The van der Waals surface area contributed by atoms with E-state index in [0.717, 1.165) is 0 Å². The molecule has 1 aromatic rings. The monoisotopic (exact) mass is 310 g/mol. The average molecular weight is 310 g/mol. The van der Waals surface area contributed by atoms with Crippen molar-refractivity contribution in [1.82, 2.24) is 4.31 Å². The van der Waals surface area contributed by atoms with Gasteiger partial charge < -0.3 is 9.84 Å². The van der Waals surface area contributed by atoms with E-state index in [-0.39, 0.29) is 25.0 Å². The van der Waals surface area contributed by atoms with Crippen LogP contribution in [0.4, 0.5) is 0 Å². The van der Waals surface area contributed by atoms with Crippen LogP contribution in [-0.2, 0) is 20.5 Å². The van der Waals surface area contributed by atoms with Crippen molar-refractivity contribution >= 4 is 10.0 Å². The summed E-state index contributed by atoms with van der Waals surface area (Å²) in [5, 5.41) is 18.2. The molecule has 0 unspecified atom stereocenters. The third-order valence-electron chi connectivity index (χ3n) is 3.63. The molecule has 0 bridgehead atoms. The molecule has 0 aromatic heterocycles. The van der Waals surface area contributed by atoms with Gasteiger partial charge in [-0.3, -0.25) is 0 Å². The Balaban J connectivity index is 2.19. The van der Waals surface area contributed by atoms with Gasteiger partial charge in [-0.2, -0.15) is 9.57 Å². The second-order valence-corrected chi connectivity index (χ2v) is 6.99. The highest BCUT2D eigenvalue weighted by molar-refractivity contribution is 7.88. The van der Waals surface area contributed by atoms with E-state index in [1.807, 2.05) is 6.07 Å². The molecular formula is C14H18N2O4S. The maximum atomic E-state index is 12.5. The molecule has 0 aliphatic carbocycles. The average Bonchev–Trinajstić information content (AvgIpc) is 2.91. The number of aliphatic hydroxyl groups excluding tert-OH is 1. The number of aliphatic hydroxyl groups is 1. The van der Waals surface area contributed by atoms with Gasteiger partial charge in [0, 0.05) is 13.7 Å². The molecule has 6 nitrogen and oxygen atoms in total. The molecule has 1 aliphatic rings. The number of nitriles is 1. The van der Waals surface area contributed by atoms with Gasteiger partial charge in [-0.15, -0.1) is 0 Å². The summed E-state index contributed by atoms with van der Waals surface area (Å²) in [4.78, 5) is 0. The number of sulfonamides is 1. The summed E-state index contributed by atoms with van der Waals surface area (Å²) < 4.78 is 31.5. The zero-order valence-corrected chi connectivity index (χ0v) is 12.6. The van der Waals surface area contributed by atoms with Crippen molar-refractivity contribution in [3.8, 4) is 6.07 Å². The predicted octanol–water partition coefficient (Wildman–Crippen LogP) is 0.470. The third-order valence-corrected chi connectivity index (χ3v) is 5.49. The summed E-state index contributed by atoms with van der Waals surface area (Å²) in [5.74, 6) is -0.185. The van der Waals surface area contributed by atoms with Gasteiger partial charge in [0.05, 0.1) is 36.1 Å². The summed E-state index contributed by atoms with van der Waals surface area (Å²) >= 11 is 0. The molecule has 7 heteroatoms.